The molecule has 0 saturated heterocycles. The maximum atomic E-state index is 5.48. The highest BCUT2D eigenvalue weighted by molar-refractivity contribution is 5.44. The Bertz CT molecular complexity index is 534. The molecule has 0 radical (unpaired) electrons. The lowest BCUT2D eigenvalue weighted by atomic mass is 10.2. The minimum absolute atomic E-state index is 0.613. The van der Waals surface area contributed by atoms with Crippen LogP contribution in [0, 0.1) is 0 Å². The largest absolute Gasteiger partial charge is 0.467 e. The van der Waals surface area contributed by atoms with Crippen molar-refractivity contribution in [3.05, 3.63) is 48.0 Å². The van der Waals surface area contributed by atoms with Gasteiger partial charge in [0, 0.05) is 18.8 Å². The van der Waals surface area contributed by atoms with Crippen molar-refractivity contribution in [1.29, 1.82) is 0 Å². The Balaban J connectivity index is 1.76. The Labute approximate surface area is 119 Å². The molecule has 1 fully saturated rings. The van der Waals surface area contributed by atoms with Gasteiger partial charge in [-0.25, -0.2) is 4.98 Å². The third-order valence-electron chi connectivity index (χ3n) is 3.58. The molecule has 1 N–H and O–H groups in total. The molecule has 106 valence electrons. The second kappa shape index (κ2) is 6.09. The number of rotatable bonds is 7. The zero-order chi connectivity index (χ0) is 13.8. The van der Waals surface area contributed by atoms with Crippen LogP contribution >= 0.6 is 0 Å². The summed E-state index contributed by atoms with van der Waals surface area (Å²) in [5.74, 6) is 2.05. The second-order valence-electron chi connectivity index (χ2n) is 5.24. The van der Waals surface area contributed by atoms with E-state index in [4.69, 9.17) is 4.42 Å². The predicted molar refractivity (Wildman–Crippen MR) is 79.5 cm³/mol. The van der Waals surface area contributed by atoms with Crippen LogP contribution in [0.3, 0.4) is 0 Å². The van der Waals surface area contributed by atoms with Crippen LogP contribution in [0.5, 0.6) is 0 Å². The fourth-order valence-electron chi connectivity index (χ4n) is 2.35. The molecule has 0 aromatic carbocycles. The lowest BCUT2D eigenvalue weighted by molar-refractivity contribution is 0.500. The van der Waals surface area contributed by atoms with E-state index in [9.17, 15) is 0 Å². The SMILES string of the molecule is CCNCc1ccnc(N(Cc2ccco2)C2CC2)c1. The molecular weight excluding hydrogens is 250 g/mol. The normalized spacial score (nSPS) is 14.4. The van der Waals surface area contributed by atoms with Crippen LogP contribution in [0.25, 0.3) is 0 Å². The highest BCUT2D eigenvalue weighted by atomic mass is 16.3. The van der Waals surface area contributed by atoms with Gasteiger partial charge in [-0.1, -0.05) is 6.92 Å². The molecule has 3 rings (SSSR count). The molecule has 0 unspecified atom stereocenters. The standard InChI is InChI=1S/C16H21N3O/c1-2-17-11-13-7-8-18-16(10-13)19(14-5-6-14)12-15-4-3-9-20-15/h3-4,7-10,14,17H,2,5-6,11-12H2,1H3. The van der Waals surface area contributed by atoms with Crippen molar-refractivity contribution in [2.75, 3.05) is 11.4 Å². The quantitative estimate of drug-likeness (QED) is 0.840. The first kappa shape index (κ1) is 13.2. The molecule has 20 heavy (non-hydrogen) atoms. The molecule has 1 aliphatic rings. The highest BCUT2D eigenvalue weighted by Gasteiger charge is 2.30. The lowest BCUT2D eigenvalue weighted by Gasteiger charge is -2.22. The summed E-state index contributed by atoms with van der Waals surface area (Å²) < 4.78 is 5.48. The van der Waals surface area contributed by atoms with Crippen LogP contribution in [0.1, 0.15) is 31.1 Å². The number of nitrogens with zero attached hydrogens (tertiary/aromatic N) is 2. The molecule has 0 atom stereocenters. The Morgan fingerprint density at radius 2 is 2.30 bits per heavy atom. The van der Waals surface area contributed by atoms with Crippen molar-refractivity contribution in [2.24, 2.45) is 0 Å². The van der Waals surface area contributed by atoms with Crippen LogP contribution in [0.2, 0.25) is 0 Å². The fourth-order valence-corrected chi connectivity index (χ4v) is 2.35. The summed E-state index contributed by atoms with van der Waals surface area (Å²) in [6.45, 7) is 4.80. The molecule has 0 aliphatic heterocycles. The van der Waals surface area contributed by atoms with E-state index >= 15 is 0 Å². The van der Waals surface area contributed by atoms with Gasteiger partial charge in [-0.15, -0.1) is 0 Å². The lowest BCUT2D eigenvalue weighted by Crippen LogP contribution is -2.26. The van der Waals surface area contributed by atoms with Gasteiger partial charge in [-0.2, -0.15) is 0 Å². The number of hydrogen-bond donors (Lipinski definition) is 1. The average molecular weight is 271 g/mol. The van der Waals surface area contributed by atoms with E-state index in [1.165, 1.54) is 18.4 Å². The van der Waals surface area contributed by atoms with E-state index in [0.29, 0.717) is 6.04 Å². The number of hydrogen-bond acceptors (Lipinski definition) is 4. The summed E-state index contributed by atoms with van der Waals surface area (Å²) in [5.41, 5.74) is 1.28. The second-order valence-corrected chi connectivity index (χ2v) is 5.24. The molecule has 2 aromatic rings. The maximum absolute atomic E-state index is 5.48. The summed E-state index contributed by atoms with van der Waals surface area (Å²) in [5, 5.41) is 3.36. The van der Waals surface area contributed by atoms with Gasteiger partial charge in [-0.05, 0) is 49.2 Å². The Morgan fingerprint density at radius 3 is 3.00 bits per heavy atom. The van der Waals surface area contributed by atoms with Gasteiger partial charge in [0.1, 0.15) is 11.6 Å². The highest BCUT2D eigenvalue weighted by Crippen LogP contribution is 2.32. The first-order valence-electron chi connectivity index (χ1n) is 7.31. The third-order valence-corrected chi connectivity index (χ3v) is 3.58. The van der Waals surface area contributed by atoms with Crippen molar-refractivity contribution in [3.63, 3.8) is 0 Å². The Morgan fingerprint density at radius 1 is 1.40 bits per heavy atom. The third kappa shape index (κ3) is 3.20. The molecule has 0 bridgehead atoms. The molecule has 2 aromatic heterocycles. The molecule has 2 heterocycles. The van der Waals surface area contributed by atoms with Crippen LogP contribution < -0.4 is 10.2 Å². The monoisotopic (exact) mass is 271 g/mol. The summed E-state index contributed by atoms with van der Waals surface area (Å²) in [6.07, 6.45) is 6.13. The van der Waals surface area contributed by atoms with Gasteiger partial charge >= 0.3 is 0 Å². The van der Waals surface area contributed by atoms with Crippen molar-refractivity contribution in [2.45, 2.75) is 38.9 Å². The summed E-state index contributed by atoms with van der Waals surface area (Å²) in [4.78, 5) is 6.90. The zero-order valence-corrected chi connectivity index (χ0v) is 11.9. The van der Waals surface area contributed by atoms with E-state index in [-0.39, 0.29) is 0 Å². The van der Waals surface area contributed by atoms with Gasteiger partial charge in [-0.3, -0.25) is 0 Å². The van der Waals surface area contributed by atoms with Gasteiger partial charge in [0.05, 0.1) is 12.8 Å². The molecule has 4 heteroatoms. The van der Waals surface area contributed by atoms with Gasteiger partial charge in [0.2, 0.25) is 0 Å². The molecule has 4 nitrogen and oxygen atoms in total. The number of aromatic nitrogens is 1. The number of anilines is 1. The van der Waals surface area contributed by atoms with E-state index in [0.717, 1.165) is 31.2 Å². The maximum Gasteiger partial charge on any atom is 0.129 e. The van der Waals surface area contributed by atoms with Gasteiger partial charge < -0.3 is 14.6 Å². The van der Waals surface area contributed by atoms with E-state index in [1.54, 1.807) is 6.26 Å². The van der Waals surface area contributed by atoms with E-state index in [1.807, 2.05) is 18.3 Å². The summed E-state index contributed by atoms with van der Waals surface area (Å²) in [7, 11) is 0. The average Bonchev–Trinajstić information content (AvgIpc) is 3.19. The Kier molecular flexibility index (Phi) is 4.02. The number of pyridine rings is 1. The van der Waals surface area contributed by atoms with Crippen molar-refractivity contribution >= 4 is 5.82 Å². The number of nitrogens with one attached hydrogen (secondary N) is 1. The van der Waals surface area contributed by atoms with Crippen LogP contribution in [0.15, 0.2) is 41.1 Å². The molecule has 1 saturated carbocycles. The van der Waals surface area contributed by atoms with E-state index < -0.39 is 0 Å². The van der Waals surface area contributed by atoms with Crippen molar-refractivity contribution in [3.8, 4) is 0 Å². The fraction of sp³-hybridized carbons (Fsp3) is 0.438. The predicted octanol–water partition coefficient (Wildman–Crippen LogP) is 2.95. The minimum atomic E-state index is 0.613. The van der Waals surface area contributed by atoms with Gasteiger partial charge in [0.15, 0.2) is 0 Å². The van der Waals surface area contributed by atoms with E-state index in [2.05, 4.69) is 34.3 Å². The van der Waals surface area contributed by atoms with Crippen LogP contribution in [-0.2, 0) is 13.1 Å². The van der Waals surface area contributed by atoms with Gasteiger partial charge in [0.25, 0.3) is 0 Å². The Hall–Kier alpha value is -1.81. The van der Waals surface area contributed by atoms with Crippen molar-refractivity contribution in [1.82, 2.24) is 10.3 Å². The number of furan rings is 1. The topological polar surface area (TPSA) is 41.3 Å². The molecule has 1 aliphatic carbocycles. The minimum Gasteiger partial charge on any atom is -0.467 e. The van der Waals surface area contributed by atoms with Crippen molar-refractivity contribution < 1.29 is 4.42 Å². The van der Waals surface area contributed by atoms with Crippen LogP contribution in [-0.4, -0.2) is 17.6 Å². The molecular formula is C16H21N3O. The summed E-state index contributed by atoms with van der Waals surface area (Å²) in [6, 6.07) is 8.84. The first-order chi connectivity index (χ1) is 9.86. The molecule has 0 amide bonds. The zero-order valence-electron chi connectivity index (χ0n) is 11.9. The molecule has 0 spiro atoms. The van der Waals surface area contributed by atoms with Crippen LogP contribution in [0.4, 0.5) is 5.82 Å². The first-order valence-corrected chi connectivity index (χ1v) is 7.31. The smallest absolute Gasteiger partial charge is 0.129 e. The summed E-state index contributed by atoms with van der Waals surface area (Å²) >= 11 is 0.